The lowest BCUT2D eigenvalue weighted by atomic mass is 9.90. The minimum Gasteiger partial charge on any atom is -0.496 e. The summed E-state index contributed by atoms with van der Waals surface area (Å²) in [5.74, 6) is 2.08. The molecule has 1 saturated carbocycles. The predicted molar refractivity (Wildman–Crippen MR) is 129 cm³/mol. The first-order chi connectivity index (χ1) is 16.4. The largest absolute Gasteiger partial charge is 0.496 e. The quantitative estimate of drug-likeness (QED) is 0.654. The molecule has 1 N–H and O–H groups in total. The van der Waals surface area contributed by atoms with Crippen molar-refractivity contribution in [2.24, 2.45) is 11.3 Å². The summed E-state index contributed by atoms with van der Waals surface area (Å²) in [6, 6.07) is 4.26. The van der Waals surface area contributed by atoms with E-state index in [0.717, 1.165) is 68.8 Å². The van der Waals surface area contributed by atoms with Crippen LogP contribution in [0.5, 0.6) is 11.5 Å². The summed E-state index contributed by atoms with van der Waals surface area (Å²) in [5.41, 5.74) is 2.38. The summed E-state index contributed by atoms with van der Waals surface area (Å²) in [5, 5.41) is 3.27. The third-order valence-electron chi connectivity index (χ3n) is 7.98. The first-order valence-electron chi connectivity index (χ1n) is 12.6. The number of benzene rings is 1. The Morgan fingerprint density at radius 3 is 2.41 bits per heavy atom. The van der Waals surface area contributed by atoms with Crippen LogP contribution in [-0.2, 0) is 16.1 Å². The van der Waals surface area contributed by atoms with Crippen LogP contribution in [0.3, 0.4) is 0 Å². The molecule has 1 aromatic carbocycles. The maximum Gasteiger partial charge on any atom is 0.409 e. The SMILES string of the molecule is CCOC(=O)N1CCC(NC(=O)C2CC23CCN(Cc2ccc(OC)c(C)c2OC)CC3)CC1. The summed E-state index contributed by atoms with van der Waals surface area (Å²) >= 11 is 0. The molecule has 0 radical (unpaired) electrons. The molecule has 2 aliphatic heterocycles. The van der Waals surface area contributed by atoms with Crippen LogP contribution in [-0.4, -0.2) is 74.8 Å². The van der Waals surface area contributed by atoms with E-state index in [1.807, 2.05) is 19.9 Å². The van der Waals surface area contributed by atoms with Gasteiger partial charge in [-0.25, -0.2) is 4.79 Å². The fourth-order valence-corrected chi connectivity index (χ4v) is 5.75. The van der Waals surface area contributed by atoms with Gasteiger partial charge in [0.1, 0.15) is 11.5 Å². The highest BCUT2D eigenvalue weighted by Crippen LogP contribution is 2.59. The topological polar surface area (TPSA) is 80.3 Å². The molecular weight excluding hydrogens is 434 g/mol. The second kappa shape index (κ2) is 10.4. The van der Waals surface area contributed by atoms with Crippen molar-refractivity contribution in [2.75, 3.05) is 47.0 Å². The van der Waals surface area contributed by atoms with E-state index < -0.39 is 0 Å². The number of hydrogen-bond acceptors (Lipinski definition) is 6. The average molecular weight is 474 g/mol. The molecule has 8 heteroatoms. The smallest absolute Gasteiger partial charge is 0.409 e. The van der Waals surface area contributed by atoms with Crippen molar-refractivity contribution in [2.45, 2.75) is 58.5 Å². The fraction of sp³-hybridized carbons (Fsp3) is 0.692. The molecule has 2 heterocycles. The summed E-state index contributed by atoms with van der Waals surface area (Å²) in [6.07, 6.45) is 4.46. The average Bonchev–Trinajstić information content (AvgIpc) is 3.55. The van der Waals surface area contributed by atoms with Gasteiger partial charge in [-0.05, 0) is 70.5 Å². The molecular formula is C26H39N3O5. The first kappa shape index (κ1) is 24.6. The number of likely N-dealkylation sites (tertiary alicyclic amines) is 2. The third-order valence-corrected chi connectivity index (χ3v) is 7.98. The van der Waals surface area contributed by atoms with Gasteiger partial charge in [-0.15, -0.1) is 0 Å². The lowest BCUT2D eigenvalue weighted by molar-refractivity contribution is -0.124. The number of nitrogens with zero attached hydrogens (tertiary/aromatic N) is 2. The van der Waals surface area contributed by atoms with Gasteiger partial charge in [0.2, 0.25) is 5.91 Å². The van der Waals surface area contributed by atoms with Crippen LogP contribution in [0.1, 0.15) is 50.2 Å². The molecule has 8 nitrogen and oxygen atoms in total. The number of ether oxygens (including phenoxy) is 3. The van der Waals surface area contributed by atoms with Crippen molar-refractivity contribution in [3.05, 3.63) is 23.3 Å². The highest BCUT2D eigenvalue weighted by molar-refractivity contribution is 5.83. The third kappa shape index (κ3) is 5.11. The maximum absolute atomic E-state index is 13.0. The maximum atomic E-state index is 13.0. The van der Waals surface area contributed by atoms with Crippen LogP contribution in [0, 0.1) is 18.3 Å². The van der Waals surface area contributed by atoms with Crippen LogP contribution >= 0.6 is 0 Å². The molecule has 1 aromatic rings. The van der Waals surface area contributed by atoms with Gasteiger partial charge in [-0.3, -0.25) is 9.69 Å². The summed E-state index contributed by atoms with van der Waals surface area (Å²) in [4.78, 5) is 29.0. The number of carbonyl (C=O) groups is 2. The molecule has 34 heavy (non-hydrogen) atoms. The Hall–Kier alpha value is -2.48. The molecule has 2 amide bonds. The lowest BCUT2D eigenvalue weighted by Gasteiger charge is -2.34. The van der Waals surface area contributed by atoms with Crippen molar-refractivity contribution in [1.82, 2.24) is 15.1 Å². The Bertz CT molecular complexity index is 889. The number of rotatable bonds is 7. The molecule has 2 saturated heterocycles. The highest BCUT2D eigenvalue weighted by Gasteiger charge is 2.58. The van der Waals surface area contributed by atoms with E-state index in [4.69, 9.17) is 14.2 Å². The molecule has 4 rings (SSSR count). The number of hydrogen-bond donors (Lipinski definition) is 1. The van der Waals surface area contributed by atoms with E-state index in [9.17, 15) is 9.59 Å². The van der Waals surface area contributed by atoms with Crippen molar-refractivity contribution >= 4 is 12.0 Å². The number of amides is 2. The minimum absolute atomic E-state index is 0.135. The zero-order valence-corrected chi connectivity index (χ0v) is 21.0. The Morgan fingerprint density at radius 1 is 1.09 bits per heavy atom. The van der Waals surface area contributed by atoms with E-state index in [2.05, 4.69) is 16.3 Å². The molecule has 188 valence electrons. The molecule has 1 spiro atoms. The molecule has 3 fully saturated rings. The van der Waals surface area contributed by atoms with Gasteiger partial charge in [0.25, 0.3) is 0 Å². The molecule has 0 bridgehead atoms. The van der Waals surface area contributed by atoms with Crippen LogP contribution in [0.15, 0.2) is 12.1 Å². The summed E-state index contributed by atoms with van der Waals surface area (Å²) < 4.78 is 16.2. The van der Waals surface area contributed by atoms with Gasteiger partial charge in [0.05, 0.1) is 20.8 Å². The van der Waals surface area contributed by atoms with Crippen LogP contribution in [0.4, 0.5) is 4.79 Å². The highest BCUT2D eigenvalue weighted by atomic mass is 16.6. The van der Waals surface area contributed by atoms with Gasteiger partial charge >= 0.3 is 6.09 Å². The molecule has 0 aromatic heterocycles. The Kier molecular flexibility index (Phi) is 7.55. The molecule has 3 aliphatic rings. The van der Waals surface area contributed by atoms with Gasteiger partial charge in [0, 0.05) is 42.7 Å². The monoisotopic (exact) mass is 473 g/mol. The van der Waals surface area contributed by atoms with Gasteiger partial charge in [-0.1, -0.05) is 6.07 Å². The van der Waals surface area contributed by atoms with Crippen molar-refractivity contribution in [3.63, 3.8) is 0 Å². The normalized spacial score (nSPS) is 22.4. The molecule has 1 aliphatic carbocycles. The zero-order chi connectivity index (χ0) is 24.3. The second-order valence-corrected chi connectivity index (χ2v) is 9.95. The number of methoxy groups -OCH3 is 2. The van der Waals surface area contributed by atoms with Crippen LogP contribution < -0.4 is 14.8 Å². The Morgan fingerprint density at radius 2 is 1.79 bits per heavy atom. The van der Waals surface area contributed by atoms with E-state index in [-0.39, 0.29) is 29.4 Å². The van der Waals surface area contributed by atoms with E-state index >= 15 is 0 Å². The standard InChI is InChI=1S/C26H39N3O5/c1-5-34-25(31)29-12-8-20(9-13-29)27-24(30)21-16-26(21)10-14-28(15-11-26)17-19-6-7-22(32-3)18(2)23(19)33-4/h6-7,20-21H,5,8-17H2,1-4H3,(H,27,30). The summed E-state index contributed by atoms with van der Waals surface area (Å²) in [6.45, 7) is 8.36. The predicted octanol–water partition coefficient (Wildman–Crippen LogP) is 3.35. The van der Waals surface area contributed by atoms with Crippen LogP contribution in [0.25, 0.3) is 0 Å². The first-order valence-corrected chi connectivity index (χ1v) is 12.6. The van der Waals surface area contributed by atoms with Crippen molar-refractivity contribution in [1.29, 1.82) is 0 Å². The minimum atomic E-state index is -0.248. The van der Waals surface area contributed by atoms with Crippen molar-refractivity contribution in [3.8, 4) is 11.5 Å². The van der Waals surface area contributed by atoms with Gasteiger partial charge < -0.3 is 24.4 Å². The summed E-state index contributed by atoms with van der Waals surface area (Å²) in [7, 11) is 3.39. The molecule has 1 unspecified atom stereocenters. The number of piperidine rings is 2. The second-order valence-electron chi connectivity index (χ2n) is 9.95. The van der Waals surface area contributed by atoms with Crippen LogP contribution in [0.2, 0.25) is 0 Å². The Balaban J connectivity index is 1.24. The van der Waals surface area contributed by atoms with E-state index in [1.165, 1.54) is 5.56 Å². The Labute approximate surface area is 202 Å². The van der Waals surface area contributed by atoms with Gasteiger partial charge in [-0.2, -0.15) is 0 Å². The van der Waals surface area contributed by atoms with E-state index in [1.54, 1.807) is 19.1 Å². The van der Waals surface area contributed by atoms with Crippen molar-refractivity contribution < 1.29 is 23.8 Å². The van der Waals surface area contributed by atoms with E-state index in [0.29, 0.717) is 19.7 Å². The number of carbonyl (C=O) groups excluding carboxylic acids is 2. The van der Waals surface area contributed by atoms with Gasteiger partial charge in [0.15, 0.2) is 0 Å². The molecule has 1 atom stereocenters. The lowest BCUT2D eigenvalue weighted by Crippen LogP contribution is -2.47. The zero-order valence-electron chi connectivity index (χ0n) is 21.0. The number of nitrogens with one attached hydrogen (secondary N) is 1. The fourth-order valence-electron chi connectivity index (χ4n) is 5.75.